The Bertz CT molecular complexity index is 1220. The highest BCUT2D eigenvalue weighted by Gasteiger charge is 2.25. The average Bonchev–Trinajstić information content (AvgIpc) is 3.26. The summed E-state index contributed by atoms with van der Waals surface area (Å²) in [7, 11) is -4.30. The lowest BCUT2D eigenvalue weighted by Crippen LogP contribution is -2.28. The zero-order valence-corrected chi connectivity index (χ0v) is 40.7. The largest absolute Gasteiger partial charge is 0.472 e. The Kier molecular flexibility index (Phi) is 47.8. The fourth-order valence-electron chi connectivity index (χ4n) is 6.68. The summed E-state index contributed by atoms with van der Waals surface area (Å²) >= 11 is 0. The van der Waals surface area contributed by atoms with E-state index in [0.29, 0.717) is 13.0 Å². The molecule has 0 saturated carbocycles. The fourth-order valence-corrected chi connectivity index (χ4v) is 7.45. The quantitative estimate of drug-likeness (QED) is 0.0269. The average molecular weight is 888 g/mol. The minimum absolute atomic E-state index is 0.0914. The first-order valence-electron chi connectivity index (χ1n) is 25.1. The van der Waals surface area contributed by atoms with E-state index < -0.39 is 13.9 Å². The van der Waals surface area contributed by atoms with Gasteiger partial charge in [-0.1, -0.05) is 214 Å². The highest BCUT2D eigenvalue weighted by Crippen LogP contribution is 2.43. The smallest absolute Gasteiger partial charge is 0.457 e. The lowest BCUT2D eigenvalue weighted by Gasteiger charge is -2.20. The molecule has 8 nitrogen and oxygen atoms in total. The van der Waals surface area contributed by atoms with Gasteiger partial charge in [-0.25, -0.2) is 4.57 Å². The third kappa shape index (κ3) is 48.7. The Balaban J connectivity index is 4.06. The van der Waals surface area contributed by atoms with Crippen molar-refractivity contribution < 1.29 is 32.8 Å². The SMILES string of the molecule is CC/C=C\C/C=C\C/C=C\C/C=C\C/C=C\C/C=C\C/C=C\CCCCCC(=O)OC(COCCCCCCCCCCCCCCCCCCCC)COP(=O)(O)OCCN. The van der Waals surface area contributed by atoms with E-state index in [1.807, 2.05) is 0 Å². The third-order valence-electron chi connectivity index (χ3n) is 10.3. The molecule has 0 radical (unpaired) electrons. The highest BCUT2D eigenvalue weighted by atomic mass is 31.2. The molecule has 0 aliphatic rings. The summed E-state index contributed by atoms with van der Waals surface area (Å²) in [6, 6.07) is 0. The molecule has 0 bridgehead atoms. The molecule has 0 aliphatic heterocycles. The lowest BCUT2D eigenvalue weighted by atomic mass is 10.0. The van der Waals surface area contributed by atoms with Gasteiger partial charge in [-0.15, -0.1) is 0 Å². The Labute approximate surface area is 381 Å². The zero-order chi connectivity index (χ0) is 45.1. The van der Waals surface area contributed by atoms with Crippen molar-refractivity contribution in [2.75, 3.05) is 33.0 Å². The standard InChI is InChI=1S/C53H94NO7P/c1-3-5-7-9-11-13-15-17-19-21-23-24-25-26-27-28-29-30-32-34-36-38-40-42-44-46-53(55)61-52(51-60-62(56,57)59-49-47-54)50-58-48-45-43-41-39-37-35-33-31-22-20-18-16-14-12-10-8-6-4-2/h5,7,11,13,17,19,23-24,26-27,29-30,34,36,52H,3-4,6,8-10,12,14-16,18,20-22,25,28,31-33,35,37-51,54H2,1-2H3,(H,56,57)/b7-5-,13-11-,19-17-,24-23-,27-26-,30-29-,36-34-. The van der Waals surface area contributed by atoms with Crippen LogP contribution in [-0.4, -0.2) is 49.9 Å². The van der Waals surface area contributed by atoms with Crippen LogP contribution in [0.2, 0.25) is 0 Å². The predicted molar refractivity (Wildman–Crippen MR) is 265 cm³/mol. The number of phosphoric acid groups is 1. The number of unbranched alkanes of at least 4 members (excludes halogenated alkanes) is 20. The molecule has 2 atom stereocenters. The van der Waals surface area contributed by atoms with Gasteiger partial charge in [0.1, 0.15) is 6.10 Å². The maximum absolute atomic E-state index is 12.6. The van der Waals surface area contributed by atoms with E-state index in [0.717, 1.165) is 77.0 Å². The maximum Gasteiger partial charge on any atom is 0.472 e. The van der Waals surface area contributed by atoms with Crippen molar-refractivity contribution in [1.82, 2.24) is 0 Å². The first-order chi connectivity index (χ1) is 30.4. The van der Waals surface area contributed by atoms with Gasteiger partial charge in [0.2, 0.25) is 0 Å². The summed E-state index contributed by atoms with van der Waals surface area (Å²) in [4.78, 5) is 22.6. The van der Waals surface area contributed by atoms with Crippen LogP contribution in [0.1, 0.15) is 206 Å². The summed E-state index contributed by atoms with van der Waals surface area (Å²) in [6.45, 7) is 4.77. The number of rotatable bonds is 47. The van der Waals surface area contributed by atoms with E-state index in [9.17, 15) is 14.3 Å². The van der Waals surface area contributed by atoms with Crippen molar-refractivity contribution >= 4 is 13.8 Å². The third-order valence-corrected chi connectivity index (χ3v) is 11.3. The molecular weight excluding hydrogens is 794 g/mol. The Morgan fingerprint density at radius 1 is 0.500 bits per heavy atom. The Morgan fingerprint density at radius 3 is 1.34 bits per heavy atom. The van der Waals surface area contributed by atoms with Crippen molar-refractivity contribution in [3.05, 3.63) is 85.1 Å². The molecule has 2 unspecified atom stereocenters. The minimum atomic E-state index is -4.30. The molecule has 0 fully saturated rings. The normalized spacial score (nSPS) is 14.1. The predicted octanol–water partition coefficient (Wildman–Crippen LogP) is 15.6. The van der Waals surface area contributed by atoms with Crippen LogP contribution in [0, 0.1) is 0 Å². The van der Waals surface area contributed by atoms with Crippen LogP contribution >= 0.6 is 7.82 Å². The van der Waals surface area contributed by atoms with Crippen molar-refractivity contribution in [2.45, 2.75) is 213 Å². The van der Waals surface area contributed by atoms with Crippen LogP contribution in [0.25, 0.3) is 0 Å². The topological polar surface area (TPSA) is 117 Å². The van der Waals surface area contributed by atoms with Gasteiger partial charge in [-0.05, 0) is 70.6 Å². The molecule has 0 spiro atoms. The number of hydrogen-bond donors (Lipinski definition) is 2. The van der Waals surface area contributed by atoms with Gasteiger partial charge < -0.3 is 20.1 Å². The van der Waals surface area contributed by atoms with Crippen molar-refractivity contribution in [3.8, 4) is 0 Å². The van der Waals surface area contributed by atoms with Crippen LogP contribution in [0.3, 0.4) is 0 Å². The number of carbonyl (C=O) groups excluding carboxylic acids is 1. The highest BCUT2D eigenvalue weighted by molar-refractivity contribution is 7.47. The number of esters is 1. The second-order valence-electron chi connectivity index (χ2n) is 16.3. The number of hydrogen-bond acceptors (Lipinski definition) is 7. The minimum Gasteiger partial charge on any atom is -0.457 e. The Hall–Kier alpha value is -2.32. The number of ether oxygens (including phenoxy) is 2. The summed E-state index contributed by atoms with van der Waals surface area (Å²) < 4.78 is 33.5. The van der Waals surface area contributed by atoms with E-state index in [1.54, 1.807) is 0 Å². The fraction of sp³-hybridized carbons (Fsp3) is 0.717. The van der Waals surface area contributed by atoms with Crippen LogP contribution in [0.4, 0.5) is 0 Å². The zero-order valence-electron chi connectivity index (χ0n) is 39.8. The van der Waals surface area contributed by atoms with E-state index in [4.69, 9.17) is 24.3 Å². The van der Waals surface area contributed by atoms with Gasteiger partial charge in [0.15, 0.2) is 0 Å². The van der Waals surface area contributed by atoms with Crippen LogP contribution in [-0.2, 0) is 27.9 Å². The van der Waals surface area contributed by atoms with Gasteiger partial charge in [0, 0.05) is 19.6 Å². The van der Waals surface area contributed by atoms with E-state index in [-0.39, 0.29) is 38.8 Å². The molecule has 0 saturated heterocycles. The second kappa shape index (κ2) is 49.7. The van der Waals surface area contributed by atoms with E-state index in [1.165, 1.54) is 103 Å². The molecule has 0 aliphatic carbocycles. The van der Waals surface area contributed by atoms with E-state index >= 15 is 0 Å². The van der Waals surface area contributed by atoms with Crippen molar-refractivity contribution in [3.63, 3.8) is 0 Å². The molecular formula is C53H94NO7P. The number of nitrogens with two attached hydrogens (primary N) is 1. The van der Waals surface area contributed by atoms with Gasteiger partial charge in [0.05, 0.1) is 19.8 Å². The molecule has 0 aromatic carbocycles. The van der Waals surface area contributed by atoms with Crippen molar-refractivity contribution in [2.24, 2.45) is 5.73 Å². The molecule has 0 rings (SSSR count). The van der Waals surface area contributed by atoms with E-state index in [2.05, 4.69) is 98.9 Å². The van der Waals surface area contributed by atoms with Crippen LogP contribution in [0.5, 0.6) is 0 Å². The first-order valence-corrected chi connectivity index (χ1v) is 26.6. The molecule has 3 N–H and O–H groups in total. The summed E-state index contributed by atoms with van der Waals surface area (Å²) in [5, 5.41) is 0. The second-order valence-corrected chi connectivity index (χ2v) is 17.8. The van der Waals surface area contributed by atoms with Gasteiger partial charge >= 0.3 is 13.8 Å². The van der Waals surface area contributed by atoms with Crippen molar-refractivity contribution in [1.29, 1.82) is 0 Å². The molecule has 0 amide bonds. The summed E-state index contributed by atoms with van der Waals surface area (Å²) in [5.74, 6) is -0.362. The molecule has 0 heterocycles. The Morgan fingerprint density at radius 2 is 0.903 bits per heavy atom. The van der Waals surface area contributed by atoms with Gasteiger partial charge in [0.25, 0.3) is 0 Å². The molecule has 9 heteroatoms. The molecule has 0 aromatic heterocycles. The number of carbonyl (C=O) groups is 1. The monoisotopic (exact) mass is 888 g/mol. The van der Waals surface area contributed by atoms with Crippen LogP contribution < -0.4 is 5.73 Å². The van der Waals surface area contributed by atoms with Gasteiger partial charge in [-0.3, -0.25) is 13.8 Å². The maximum atomic E-state index is 12.6. The molecule has 358 valence electrons. The van der Waals surface area contributed by atoms with Crippen LogP contribution in [0.15, 0.2) is 85.1 Å². The van der Waals surface area contributed by atoms with Gasteiger partial charge in [-0.2, -0.15) is 0 Å². The lowest BCUT2D eigenvalue weighted by molar-refractivity contribution is -0.154. The summed E-state index contributed by atoms with van der Waals surface area (Å²) in [5.41, 5.74) is 5.38. The number of allylic oxidation sites excluding steroid dienone is 14. The first kappa shape index (κ1) is 59.7. The summed E-state index contributed by atoms with van der Waals surface area (Å²) in [6.07, 6.45) is 64.7. The molecule has 0 aromatic rings. The molecule has 62 heavy (non-hydrogen) atoms. The number of phosphoric ester groups is 1.